The van der Waals surface area contributed by atoms with Crippen LogP contribution in [-0.2, 0) is 49.6 Å². The van der Waals surface area contributed by atoms with Gasteiger partial charge in [-0.1, -0.05) is 30.8 Å². The fourth-order valence-corrected chi connectivity index (χ4v) is 2.85. The number of ketones is 1. The van der Waals surface area contributed by atoms with E-state index in [-0.39, 0.29) is 44.9 Å². The third-order valence-electron chi connectivity index (χ3n) is 4.91. The largest absolute Gasteiger partial charge is 0.465 e. The molecule has 0 aliphatic heterocycles. The highest BCUT2D eigenvalue weighted by Gasteiger charge is 2.24. The Bertz CT molecular complexity index is 1060. The minimum Gasteiger partial charge on any atom is -0.465 e. The molecule has 0 aromatic heterocycles. The van der Waals surface area contributed by atoms with Crippen LogP contribution in [0.4, 0.5) is 0 Å². The molecular formula is C27H36N2O11. The summed E-state index contributed by atoms with van der Waals surface area (Å²) in [5.74, 6) is -3.88. The van der Waals surface area contributed by atoms with Crippen LogP contribution in [0.15, 0.2) is 36.4 Å². The number of rotatable bonds is 18. The minimum atomic E-state index is -1.47. The highest BCUT2D eigenvalue weighted by atomic mass is 17.2. The lowest BCUT2D eigenvalue weighted by atomic mass is 9.96. The van der Waals surface area contributed by atoms with Gasteiger partial charge in [-0.15, -0.1) is 0 Å². The first kappa shape index (κ1) is 33.9. The number of benzene rings is 1. The van der Waals surface area contributed by atoms with Crippen molar-refractivity contribution < 1.29 is 53.1 Å². The van der Waals surface area contributed by atoms with Gasteiger partial charge in [-0.3, -0.25) is 24.1 Å². The van der Waals surface area contributed by atoms with Crippen molar-refractivity contribution in [3.63, 3.8) is 0 Å². The number of aliphatic hydroxyl groups is 1. The average Bonchev–Trinajstić information content (AvgIpc) is 2.88. The zero-order valence-corrected chi connectivity index (χ0v) is 22.9. The standard InChI is InChI=1S/C27H36N2O11/c1-18(2)26(35)38-14-5-13-37-23(32)16-21(30)28-11-12-29-22(31)17-24(33)40-39-15-10-19-6-8-20(9-7-19)25(34)27(3,4)36/h6-9,36H,1,5,10-17H2,2-4H3,(H,28,30)(H,29,31). The van der Waals surface area contributed by atoms with Crippen molar-refractivity contribution in [2.24, 2.45) is 0 Å². The number of carbonyl (C=O) groups excluding carboxylic acids is 6. The van der Waals surface area contributed by atoms with Gasteiger partial charge in [0.25, 0.3) is 0 Å². The number of amides is 2. The van der Waals surface area contributed by atoms with Gasteiger partial charge in [0.2, 0.25) is 11.8 Å². The Morgan fingerprint density at radius 3 is 1.95 bits per heavy atom. The van der Waals surface area contributed by atoms with Gasteiger partial charge in [-0.25, -0.2) is 9.59 Å². The third-order valence-corrected chi connectivity index (χ3v) is 4.91. The number of hydrogen-bond acceptors (Lipinski definition) is 11. The Balaban J connectivity index is 2.11. The molecule has 0 fully saturated rings. The maximum absolute atomic E-state index is 12.0. The normalized spacial score (nSPS) is 10.7. The molecule has 220 valence electrons. The summed E-state index contributed by atoms with van der Waals surface area (Å²) in [4.78, 5) is 79.5. The minimum absolute atomic E-state index is 0.00775. The molecule has 0 unspecified atom stereocenters. The van der Waals surface area contributed by atoms with Gasteiger partial charge >= 0.3 is 17.9 Å². The predicted octanol–water partition coefficient (Wildman–Crippen LogP) is 0.723. The molecule has 0 saturated carbocycles. The first-order valence-electron chi connectivity index (χ1n) is 12.5. The number of Topliss-reactive ketones (excluding diaryl/α,β-unsaturated/α-hetero) is 1. The van der Waals surface area contributed by atoms with E-state index in [1.54, 1.807) is 24.3 Å². The lowest BCUT2D eigenvalue weighted by Crippen LogP contribution is -2.36. The van der Waals surface area contributed by atoms with Crippen molar-refractivity contribution in [1.82, 2.24) is 10.6 Å². The maximum Gasteiger partial charge on any atom is 0.351 e. The number of esters is 2. The lowest BCUT2D eigenvalue weighted by Gasteiger charge is -2.15. The van der Waals surface area contributed by atoms with Crippen LogP contribution in [0.25, 0.3) is 0 Å². The van der Waals surface area contributed by atoms with E-state index in [0.717, 1.165) is 5.56 Å². The summed E-state index contributed by atoms with van der Waals surface area (Å²) in [5.41, 5.74) is -0.0429. The lowest BCUT2D eigenvalue weighted by molar-refractivity contribution is -0.271. The third kappa shape index (κ3) is 14.7. The van der Waals surface area contributed by atoms with Crippen LogP contribution in [0.1, 0.15) is 56.0 Å². The Morgan fingerprint density at radius 2 is 1.40 bits per heavy atom. The molecular weight excluding hydrogens is 528 g/mol. The van der Waals surface area contributed by atoms with Gasteiger partial charge in [0.1, 0.15) is 18.4 Å². The summed E-state index contributed by atoms with van der Waals surface area (Å²) in [5, 5.41) is 14.6. The molecule has 2 amide bonds. The van der Waals surface area contributed by atoms with Gasteiger partial charge < -0.3 is 25.2 Å². The fraction of sp³-hybridized carbons (Fsp3) is 0.481. The van der Waals surface area contributed by atoms with Crippen LogP contribution in [-0.4, -0.2) is 79.1 Å². The highest BCUT2D eigenvalue weighted by molar-refractivity contribution is 6.01. The summed E-state index contributed by atoms with van der Waals surface area (Å²) in [6, 6.07) is 6.53. The van der Waals surface area contributed by atoms with Crippen LogP contribution in [0.3, 0.4) is 0 Å². The van der Waals surface area contributed by atoms with Crippen LogP contribution in [0.5, 0.6) is 0 Å². The van der Waals surface area contributed by atoms with E-state index in [1.807, 2.05) is 0 Å². The molecule has 0 radical (unpaired) electrons. The summed E-state index contributed by atoms with van der Waals surface area (Å²) in [6.07, 6.45) is -0.482. The van der Waals surface area contributed by atoms with Crippen molar-refractivity contribution >= 4 is 35.5 Å². The zero-order chi connectivity index (χ0) is 30.1. The summed E-state index contributed by atoms with van der Waals surface area (Å²) >= 11 is 0. The molecule has 3 N–H and O–H groups in total. The molecule has 13 nitrogen and oxygen atoms in total. The smallest absolute Gasteiger partial charge is 0.351 e. The Labute approximate surface area is 232 Å². The summed E-state index contributed by atoms with van der Waals surface area (Å²) in [7, 11) is 0. The van der Waals surface area contributed by atoms with Crippen LogP contribution < -0.4 is 10.6 Å². The quantitative estimate of drug-likeness (QED) is 0.0434. The van der Waals surface area contributed by atoms with Gasteiger partial charge in [0.05, 0.1) is 19.8 Å². The monoisotopic (exact) mass is 564 g/mol. The van der Waals surface area contributed by atoms with Crippen molar-refractivity contribution in [3.8, 4) is 0 Å². The molecule has 0 heterocycles. The summed E-state index contributed by atoms with van der Waals surface area (Å²) in [6.45, 7) is 7.83. The molecule has 1 aromatic rings. The predicted molar refractivity (Wildman–Crippen MR) is 139 cm³/mol. The van der Waals surface area contributed by atoms with Crippen molar-refractivity contribution in [3.05, 3.63) is 47.5 Å². The van der Waals surface area contributed by atoms with Crippen LogP contribution in [0, 0.1) is 0 Å². The molecule has 0 atom stereocenters. The van der Waals surface area contributed by atoms with Gasteiger partial charge in [0, 0.05) is 30.6 Å². The zero-order valence-electron chi connectivity index (χ0n) is 22.9. The SMILES string of the molecule is C=C(C)C(=O)OCCCOC(=O)CC(=O)NCCNC(=O)CC(=O)OOCCc1ccc(C(=O)C(C)(C)O)cc1. The Hall–Kier alpha value is -4.10. The molecule has 13 heteroatoms. The second-order valence-electron chi connectivity index (χ2n) is 9.16. The van der Waals surface area contributed by atoms with E-state index in [9.17, 15) is 33.9 Å². The Morgan fingerprint density at radius 1 is 0.850 bits per heavy atom. The van der Waals surface area contributed by atoms with E-state index in [1.165, 1.54) is 20.8 Å². The molecule has 1 aromatic carbocycles. The molecule has 0 spiro atoms. The van der Waals surface area contributed by atoms with Gasteiger partial charge in [0.15, 0.2) is 5.78 Å². The van der Waals surface area contributed by atoms with Crippen LogP contribution >= 0.6 is 0 Å². The number of ether oxygens (including phenoxy) is 2. The van der Waals surface area contributed by atoms with Gasteiger partial charge in [-0.05, 0) is 32.8 Å². The van der Waals surface area contributed by atoms with E-state index < -0.39 is 53.9 Å². The van der Waals surface area contributed by atoms with Crippen LogP contribution in [0.2, 0.25) is 0 Å². The molecule has 0 aliphatic rings. The molecule has 0 saturated heterocycles. The molecule has 0 aliphatic carbocycles. The fourth-order valence-electron chi connectivity index (χ4n) is 2.85. The maximum atomic E-state index is 12.0. The molecule has 40 heavy (non-hydrogen) atoms. The summed E-state index contributed by atoms with van der Waals surface area (Å²) < 4.78 is 9.71. The number of hydrogen-bond donors (Lipinski definition) is 3. The molecule has 0 bridgehead atoms. The number of carbonyl (C=O) groups is 6. The van der Waals surface area contributed by atoms with Crippen molar-refractivity contribution in [2.75, 3.05) is 32.9 Å². The van der Waals surface area contributed by atoms with E-state index in [0.29, 0.717) is 12.0 Å². The Kier molecular flexibility index (Phi) is 14.8. The van der Waals surface area contributed by atoms with E-state index in [4.69, 9.17) is 14.4 Å². The second-order valence-corrected chi connectivity index (χ2v) is 9.16. The molecule has 1 rings (SSSR count). The average molecular weight is 565 g/mol. The first-order chi connectivity index (χ1) is 18.8. The van der Waals surface area contributed by atoms with Crippen molar-refractivity contribution in [1.29, 1.82) is 0 Å². The highest BCUT2D eigenvalue weighted by Crippen LogP contribution is 2.14. The second kappa shape index (κ2) is 17.5. The topological polar surface area (TPSA) is 184 Å². The van der Waals surface area contributed by atoms with Crippen molar-refractivity contribution in [2.45, 2.75) is 52.1 Å². The first-order valence-corrected chi connectivity index (χ1v) is 12.5. The number of nitrogens with one attached hydrogen (secondary N) is 2. The van der Waals surface area contributed by atoms with Gasteiger partial charge in [-0.2, -0.15) is 4.89 Å². The van der Waals surface area contributed by atoms with E-state index in [2.05, 4.69) is 22.1 Å². The van der Waals surface area contributed by atoms with E-state index >= 15 is 0 Å².